The van der Waals surface area contributed by atoms with Gasteiger partial charge in [-0.05, 0) is 74.7 Å². The monoisotopic (exact) mass is 525 g/mol. The molecule has 0 N–H and O–H groups in total. The van der Waals surface area contributed by atoms with Gasteiger partial charge in [0.05, 0.1) is 17.7 Å². The van der Waals surface area contributed by atoms with Gasteiger partial charge >= 0.3 is 17.1 Å². The normalized spacial score (nSPS) is 17.3. The van der Waals surface area contributed by atoms with Gasteiger partial charge in [-0.15, -0.1) is 5.10 Å². The summed E-state index contributed by atoms with van der Waals surface area (Å²) < 4.78 is 2.11. The van der Waals surface area contributed by atoms with Gasteiger partial charge in [0, 0.05) is 19.1 Å². The largest absolute Gasteiger partial charge is 2.00 e. The molecule has 2 aliphatic rings. The smallest absolute Gasteiger partial charge is 0.241 e. The third kappa shape index (κ3) is 6.97. The van der Waals surface area contributed by atoms with Gasteiger partial charge in [0.2, 0.25) is 0 Å². The topological polar surface area (TPSA) is 30.7 Å². The number of thioether (sulfide) groups is 1. The summed E-state index contributed by atoms with van der Waals surface area (Å²) in [7, 11) is -0.724. The SMILES string of the molecule is CCS[C]1[CH][CH][CH][C]1[C@H](C)n1nncc1P(c1ccccc1)c1ccccc1.[CH]1[CH][CH][CH][CH]1.[Fe+2]. The molecule has 0 aliphatic heterocycles. The second-order valence-electron chi connectivity index (χ2n) is 7.46. The second kappa shape index (κ2) is 14.4. The Morgan fingerprint density at radius 1 is 0.824 bits per heavy atom. The van der Waals surface area contributed by atoms with Crippen LogP contribution in [0.25, 0.3) is 0 Å². The zero-order chi connectivity index (χ0) is 22.9. The minimum absolute atomic E-state index is 0. The first-order valence-electron chi connectivity index (χ1n) is 11.1. The van der Waals surface area contributed by atoms with Gasteiger partial charge in [-0.3, -0.25) is 0 Å². The Hall–Kier alpha value is -1.12. The van der Waals surface area contributed by atoms with E-state index in [0.717, 1.165) is 5.75 Å². The molecule has 34 heavy (non-hydrogen) atoms. The predicted molar refractivity (Wildman–Crippen MR) is 142 cm³/mol. The maximum Gasteiger partial charge on any atom is 2.00 e. The molecule has 1 heterocycles. The summed E-state index contributed by atoms with van der Waals surface area (Å²) in [5.41, 5.74) is 1.17. The van der Waals surface area contributed by atoms with Crippen LogP contribution < -0.4 is 16.0 Å². The molecule has 0 saturated heterocycles. The van der Waals surface area contributed by atoms with Gasteiger partial charge in [-0.2, -0.15) is 11.8 Å². The number of rotatable bonds is 7. The van der Waals surface area contributed by atoms with Crippen molar-refractivity contribution in [3.8, 4) is 0 Å². The van der Waals surface area contributed by atoms with E-state index in [-0.39, 0.29) is 23.1 Å². The Balaban J connectivity index is 0.000000481. The average molecular weight is 525 g/mol. The van der Waals surface area contributed by atoms with Crippen LogP contribution in [-0.2, 0) is 17.1 Å². The first-order chi connectivity index (χ1) is 16.3. The van der Waals surface area contributed by atoms with E-state index in [9.17, 15) is 0 Å². The quantitative estimate of drug-likeness (QED) is 0.318. The molecule has 172 valence electrons. The zero-order valence-corrected chi connectivity index (χ0v) is 22.1. The summed E-state index contributed by atoms with van der Waals surface area (Å²) in [6.07, 6.45) is 18.5. The van der Waals surface area contributed by atoms with Crippen molar-refractivity contribution < 1.29 is 17.1 Å². The van der Waals surface area contributed by atoms with Crippen molar-refractivity contribution in [1.82, 2.24) is 15.0 Å². The van der Waals surface area contributed by atoms with E-state index < -0.39 is 7.92 Å². The Morgan fingerprint density at radius 2 is 1.38 bits per heavy atom. The van der Waals surface area contributed by atoms with Crippen LogP contribution >= 0.6 is 19.7 Å². The summed E-state index contributed by atoms with van der Waals surface area (Å²) >= 11 is 1.88. The number of hydrogen-bond acceptors (Lipinski definition) is 3. The minimum atomic E-state index is -0.724. The Morgan fingerprint density at radius 3 is 1.91 bits per heavy atom. The summed E-state index contributed by atoms with van der Waals surface area (Å²) in [6, 6.07) is 21.6. The zero-order valence-electron chi connectivity index (χ0n) is 19.3. The molecule has 1 atom stereocenters. The van der Waals surface area contributed by atoms with Crippen LogP contribution in [0.3, 0.4) is 0 Å². The fourth-order valence-corrected chi connectivity index (χ4v) is 6.99. The fraction of sp³-hybridized carbons (Fsp3) is 0.143. The summed E-state index contributed by atoms with van der Waals surface area (Å²) in [6.45, 7) is 4.41. The molecule has 0 unspecified atom stereocenters. The van der Waals surface area contributed by atoms with Crippen molar-refractivity contribution in [2.24, 2.45) is 0 Å². The van der Waals surface area contributed by atoms with Gasteiger partial charge < -0.3 is 0 Å². The molecule has 10 radical (unpaired) electrons. The van der Waals surface area contributed by atoms with Crippen LogP contribution in [0, 0.1) is 62.5 Å². The molecule has 2 saturated carbocycles. The summed E-state index contributed by atoms with van der Waals surface area (Å²) in [5, 5.41) is 12.8. The molecule has 2 aliphatic carbocycles. The van der Waals surface area contributed by atoms with E-state index in [2.05, 4.69) is 109 Å². The van der Waals surface area contributed by atoms with Gasteiger partial charge in [0.25, 0.3) is 0 Å². The summed E-state index contributed by atoms with van der Waals surface area (Å²) in [4.78, 5) is 0. The maximum atomic E-state index is 4.52. The second-order valence-corrected chi connectivity index (χ2v) is 10.9. The minimum Gasteiger partial charge on any atom is -0.241 e. The number of hydrogen-bond donors (Lipinski definition) is 0. The van der Waals surface area contributed by atoms with Crippen LogP contribution in [0.1, 0.15) is 19.9 Å². The van der Waals surface area contributed by atoms with Gasteiger partial charge in [0.1, 0.15) is 0 Å². The van der Waals surface area contributed by atoms with Gasteiger partial charge in [-0.1, -0.05) is 72.8 Å². The average Bonchev–Trinajstić information content (AvgIpc) is 3.64. The third-order valence-corrected chi connectivity index (χ3v) is 8.67. The molecule has 0 bridgehead atoms. The van der Waals surface area contributed by atoms with E-state index in [0.29, 0.717) is 0 Å². The molecule has 1 aromatic heterocycles. The van der Waals surface area contributed by atoms with E-state index in [4.69, 9.17) is 0 Å². The maximum absolute atomic E-state index is 4.52. The molecule has 0 spiro atoms. The molecular weight excluding hydrogens is 497 g/mol. The number of nitrogens with zero attached hydrogens (tertiary/aromatic N) is 3. The van der Waals surface area contributed by atoms with Crippen LogP contribution in [0.15, 0.2) is 66.9 Å². The van der Waals surface area contributed by atoms with Gasteiger partial charge in [0.15, 0.2) is 0 Å². The van der Waals surface area contributed by atoms with Gasteiger partial charge in [-0.25, -0.2) is 4.68 Å². The first-order valence-corrected chi connectivity index (χ1v) is 13.5. The van der Waals surface area contributed by atoms with Crippen molar-refractivity contribution in [2.75, 3.05) is 5.75 Å². The first kappa shape index (κ1) is 27.5. The van der Waals surface area contributed by atoms with E-state index in [1.165, 1.54) is 27.2 Å². The van der Waals surface area contributed by atoms with Crippen LogP contribution in [0.5, 0.6) is 0 Å². The molecule has 5 rings (SSSR count). The molecule has 2 fully saturated rings. The standard InChI is InChI=1S/C23H23N3PS.C5H5.Fe/c1-3-28-22-16-10-15-21(22)18(2)26-23(17-24-25-26)27(19-11-6-4-7-12-19)20-13-8-5-9-14-20;1-2-4-5-3-1;/h4-18H,3H2,1-2H3;1-5H;/q;;+2/t18-;;/m0../s1. The van der Waals surface area contributed by atoms with Crippen molar-refractivity contribution in [2.45, 2.75) is 19.9 Å². The summed E-state index contributed by atoms with van der Waals surface area (Å²) in [5.74, 6) is 2.38. The van der Waals surface area contributed by atoms with E-state index >= 15 is 0 Å². The van der Waals surface area contributed by atoms with Crippen molar-refractivity contribution in [3.63, 3.8) is 0 Å². The number of benzene rings is 2. The molecule has 3 nitrogen and oxygen atoms in total. The van der Waals surface area contributed by atoms with Crippen LogP contribution in [0.2, 0.25) is 0 Å². The van der Waals surface area contributed by atoms with E-state index in [1.807, 2.05) is 50.1 Å². The van der Waals surface area contributed by atoms with Crippen molar-refractivity contribution in [3.05, 3.63) is 129 Å². The Labute approximate surface area is 222 Å². The Kier molecular flexibility index (Phi) is 11.7. The molecule has 0 amide bonds. The predicted octanol–water partition coefficient (Wildman–Crippen LogP) is 5.10. The number of aromatic nitrogens is 3. The Bertz CT molecular complexity index is 901. The van der Waals surface area contributed by atoms with Crippen molar-refractivity contribution in [1.29, 1.82) is 0 Å². The van der Waals surface area contributed by atoms with Crippen LogP contribution in [-0.4, -0.2) is 20.7 Å². The van der Waals surface area contributed by atoms with Crippen molar-refractivity contribution >= 4 is 35.7 Å². The molecular formula is C28H28FeN3PS+2. The third-order valence-electron chi connectivity index (χ3n) is 5.29. The molecule has 2 aromatic carbocycles. The molecule has 3 aromatic rings. The fourth-order valence-electron chi connectivity index (χ4n) is 3.74. The molecule has 6 heteroatoms. The van der Waals surface area contributed by atoms with E-state index in [1.54, 1.807) is 0 Å². The van der Waals surface area contributed by atoms with Crippen LogP contribution in [0.4, 0.5) is 0 Å².